The van der Waals surface area contributed by atoms with Gasteiger partial charge in [0.1, 0.15) is 23.4 Å². The fraction of sp³-hybridized carbons (Fsp3) is 0.591. The number of phenolic OH excluding ortho intramolecular Hbond substituents is 1. The van der Waals surface area contributed by atoms with Gasteiger partial charge in [0.25, 0.3) is 0 Å². The molecule has 0 saturated heterocycles. The summed E-state index contributed by atoms with van der Waals surface area (Å²) in [5.41, 5.74) is -0.434. The van der Waals surface area contributed by atoms with Crippen LogP contribution in [0.15, 0.2) is 18.2 Å². The molecule has 31 heavy (non-hydrogen) atoms. The van der Waals surface area contributed by atoms with Crippen LogP contribution in [-0.4, -0.2) is 57.9 Å². The number of alkyl carbamates (subject to hydrolysis) is 1. The van der Waals surface area contributed by atoms with Gasteiger partial charge in [-0.3, -0.25) is 9.59 Å². The number of carbonyl (C=O) groups excluding carboxylic acids is 3. The summed E-state index contributed by atoms with van der Waals surface area (Å²) in [4.78, 5) is 39.7. The number of benzene rings is 1. The van der Waals surface area contributed by atoms with Crippen molar-refractivity contribution >= 4 is 30.5 Å². The maximum Gasteiger partial charge on any atom is 0.408 e. The number of ether oxygens (including phenoxy) is 1. The molecule has 0 radical (unpaired) electrons. The Bertz CT molecular complexity index is 814. The molecule has 0 saturated carbocycles. The van der Waals surface area contributed by atoms with Crippen LogP contribution in [0.4, 0.5) is 4.79 Å². The number of rotatable bonds is 6. The topological polar surface area (TPSA) is 108 Å². The van der Waals surface area contributed by atoms with Crippen LogP contribution in [0.25, 0.3) is 0 Å². The molecule has 2 unspecified atom stereocenters. The van der Waals surface area contributed by atoms with E-state index in [-0.39, 0.29) is 17.1 Å². The van der Waals surface area contributed by atoms with Crippen LogP contribution in [0.1, 0.15) is 58.7 Å². The molecular weight excluding hydrogens is 418 g/mol. The molecule has 9 heteroatoms. The summed E-state index contributed by atoms with van der Waals surface area (Å²) in [6, 6.07) is 2.86. The van der Waals surface area contributed by atoms with Crippen LogP contribution in [0.3, 0.4) is 0 Å². The van der Waals surface area contributed by atoms with Gasteiger partial charge in [0.15, 0.2) is 0 Å². The predicted octanol–water partition coefficient (Wildman–Crippen LogP) is 2.94. The Morgan fingerprint density at radius 2 is 1.74 bits per heavy atom. The summed E-state index contributed by atoms with van der Waals surface area (Å²) in [7, 11) is 1.45. The van der Waals surface area contributed by atoms with Gasteiger partial charge in [-0.1, -0.05) is 18.2 Å². The lowest BCUT2D eigenvalue weighted by Crippen LogP contribution is -2.54. The Kier molecular flexibility index (Phi) is 8.81. The average Bonchev–Trinajstić information content (AvgIpc) is 2.59. The number of hydrogen-bond donors (Lipinski definition) is 4. The molecule has 0 bridgehead atoms. The number of likely N-dealkylation sites (N-methyl/N-ethyl adjacent to an activating group) is 1. The van der Waals surface area contributed by atoms with E-state index in [1.54, 1.807) is 45.9 Å². The number of carbonyl (C=O) groups is 3. The molecule has 8 nitrogen and oxygen atoms in total. The number of hydrogen-bond acceptors (Lipinski definition) is 6. The highest BCUT2D eigenvalue weighted by Crippen LogP contribution is 2.31. The van der Waals surface area contributed by atoms with E-state index in [2.05, 4.69) is 23.3 Å². The first-order chi connectivity index (χ1) is 14.1. The second-order valence-electron chi connectivity index (χ2n) is 9.49. The van der Waals surface area contributed by atoms with Gasteiger partial charge in [-0.25, -0.2) is 4.79 Å². The highest BCUT2D eigenvalue weighted by atomic mass is 32.1. The van der Waals surface area contributed by atoms with Crippen molar-refractivity contribution in [3.63, 3.8) is 0 Å². The Hall–Kier alpha value is -2.42. The van der Waals surface area contributed by atoms with E-state index in [0.717, 1.165) is 0 Å². The van der Waals surface area contributed by atoms with Gasteiger partial charge in [0.2, 0.25) is 11.8 Å². The number of amides is 3. The number of nitrogens with one attached hydrogen (secondary N) is 2. The van der Waals surface area contributed by atoms with Crippen molar-refractivity contribution in [3.05, 3.63) is 29.3 Å². The highest BCUT2D eigenvalue weighted by molar-refractivity contribution is 7.80. The molecule has 0 spiro atoms. The molecule has 1 rings (SSSR count). The van der Waals surface area contributed by atoms with Crippen LogP contribution >= 0.6 is 12.6 Å². The van der Waals surface area contributed by atoms with Crippen LogP contribution in [0.5, 0.6) is 5.75 Å². The molecule has 0 aliphatic heterocycles. The Labute approximate surface area is 190 Å². The van der Waals surface area contributed by atoms with Gasteiger partial charge < -0.3 is 25.4 Å². The summed E-state index contributed by atoms with van der Waals surface area (Å²) >= 11 is 4.18. The first-order valence-corrected chi connectivity index (χ1v) is 10.7. The third kappa shape index (κ3) is 7.97. The zero-order valence-corrected chi connectivity index (χ0v) is 20.5. The zero-order valence-electron chi connectivity index (χ0n) is 19.6. The normalized spacial score (nSPS) is 13.7. The summed E-state index contributed by atoms with van der Waals surface area (Å²) in [5, 5.41) is 15.9. The molecule has 0 aliphatic carbocycles. The van der Waals surface area contributed by atoms with Crippen LogP contribution in [0.2, 0.25) is 0 Å². The van der Waals surface area contributed by atoms with Crippen molar-refractivity contribution in [1.82, 2.24) is 15.5 Å². The zero-order chi connectivity index (χ0) is 24.1. The Morgan fingerprint density at radius 1 is 1.16 bits per heavy atom. The minimum absolute atomic E-state index is 0.00414. The largest absolute Gasteiger partial charge is 0.507 e. The molecule has 174 valence electrons. The lowest BCUT2D eigenvalue weighted by atomic mass is 9.98. The molecule has 0 fully saturated rings. The van der Waals surface area contributed by atoms with Crippen LogP contribution in [-0.2, 0) is 14.3 Å². The molecular formula is C22H35N3O5S. The second kappa shape index (κ2) is 10.3. The lowest BCUT2D eigenvalue weighted by molar-refractivity contribution is -0.141. The molecule has 2 atom stereocenters. The first-order valence-electron chi connectivity index (χ1n) is 10.0. The van der Waals surface area contributed by atoms with Crippen molar-refractivity contribution in [2.24, 2.45) is 0 Å². The average molecular weight is 454 g/mol. The molecule has 0 heterocycles. The molecule has 3 amide bonds. The lowest BCUT2D eigenvalue weighted by Gasteiger charge is -2.33. The number of aryl methyl sites for hydroxylation is 1. The number of thiol groups is 1. The summed E-state index contributed by atoms with van der Waals surface area (Å²) in [6.07, 6.45) is -0.762. The highest BCUT2D eigenvalue weighted by Gasteiger charge is 2.36. The van der Waals surface area contributed by atoms with E-state index >= 15 is 0 Å². The minimum Gasteiger partial charge on any atom is -0.507 e. The summed E-state index contributed by atoms with van der Waals surface area (Å²) < 4.78 is 5.22. The monoisotopic (exact) mass is 453 g/mol. The maximum absolute atomic E-state index is 13.2. The molecule has 1 aromatic carbocycles. The molecule has 0 aromatic heterocycles. The standard InChI is InChI=1S/C22H35N3O5S/c1-13-10-9-11-14(17(13)26)16(18(27)24-21(2,3)4)25(8)19(28)15(12-31)23-20(29)30-22(5,6)7/h9-11,15-16,26,31H,12H2,1-8H3,(H,23,29)(H,24,27). The van der Waals surface area contributed by atoms with Crippen molar-refractivity contribution in [2.75, 3.05) is 12.8 Å². The Balaban J connectivity index is 3.27. The predicted molar refractivity (Wildman–Crippen MR) is 123 cm³/mol. The van der Waals surface area contributed by atoms with Gasteiger partial charge in [0, 0.05) is 23.9 Å². The number of nitrogens with zero attached hydrogens (tertiary/aromatic N) is 1. The number of phenols is 1. The van der Waals surface area contributed by atoms with Gasteiger partial charge in [0.05, 0.1) is 0 Å². The van der Waals surface area contributed by atoms with E-state index in [1.807, 2.05) is 20.8 Å². The van der Waals surface area contributed by atoms with Crippen molar-refractivity contribution < 1.29 is 24.2 Å². The van der Waals surface area contributed by atoms with E-state index < -0.39 is 41.1 Å². The molecule has 1 aromatic rings. The summed E-state index contributed by atoms with van der Waals surface area (Å²) in [6.45, 7) is 12.3. The fourth-order valence-corrected chi connectivity index (χ4v) is 3.12. The van der Waals surface area contributed by atoms with E-state index in [1.165, 1.54) is 11.9 Å². The van der Waals surface area contributed by atoms with E-state index in [9.17, 15) is 19.5 Å². The maximum atomic E-state index is 13.2. The Morgan fingerprint density at radius 3 is 2.23 bits per heavy atom. The minimum atomic E-state index is -1.12. The van der Waals surface area contributed by atoms with Gasteiger partial charge in [-0.2, -0.15) is 12.6 Å². The third-order valence-electron chi connectivity index (χ3n) is 4.22. The van der Waals surface area contributed by atoms with Gasteiger partial charge in [-0.05, 0) is 54.0 Å². The van der Waals surface area contributed by atoms with Crippen molar-refractivity contribution in [2.45, 2.75) is 71.7 Å². The quantitative estimate of drug-likeness (QED) is 0.496. The fourth-order valence-electron chi connectivity index (χ4n) is 2.87. The molecule has 3 N–H and O–H groups in total. The van der Waals surface area contributed by atoms with E-state index in [4.69, 9.17) is 4.74 Å². The number of para-hydroxylation sites is 1. The van der Waals surface area contributed by atoms with Crippen LogP contribution in [0, 0.1) is 6.92 Å². The second-order valence-corrected chi connectivity index (χ2v) is 9.85. The smallest absolute Gasteiger partial charge is 0.408 e. The van der Waals surface area contributed by atoms with Crippen molar-refractivity contribution in [1.29, 1.82) is 0 Å². The van der Waals surface area contributed by atoms with Gasteiger partial charge in [-0.15, -0.1) is 0 Å². The third-order valence-corrected chi connectivity index (χ3v) is 4.58. The van der Waals surface area contributed by atoms with Crippen molar-refractivity contribution in [3.8, 4) is 5.75 Å². The number of aromatic hydroxyl groups is 1. The van der Waals surface area contributed by atoms with E-state index in [0.29, 0.717) is 5.56 Å². The molecule has 0 aliphatic rings. The van der Waals surface area contributed by atoms with Crippen LogP contribution < -0.4 is 10.6 Å². The SMILES string of the molecule is Cc1cccc(C(C(=O)NC(C)(C)C)N(C)C(=O)C(CS)NC(=O)OC(C)(C)C)c1O. The first kappa shape index (κ1) is 26.6. The summed E-state index contributed by atoms with van der Waals surface area (Å²) in [5.74, 6) is -1.08. The van der Waals surface area contributed by atoms with Gasteiger partial charge >= 0.3 is 6.09 Å².